The number of carboxylic acid groups (broad SMARTS) is 1. The van der Waals surface area contributed by atoms with Crippen molar-refractivity contribution < 1.29 is 28.7 Å². The number of barbiturate groups is 1. The van der Waals surface area contributed by atoms with Gasteiger partial charge in [0.05, 0.1) is 11.3 Å². The van der Waals surface area contributed by atoms with E-state index in [0.29, 0.717) is 17.0 Å². The number of rotatable bonds is 5. The van der Waals surface area contributed by atoms with Gasteiger partial charge in [-0.05, 0) is 48.0 Å². The van der Waals surface area contributed by atoms with Gasteiger partial charge in [-0.1, -0.05) is 36.4 Å². The molecule has 1 fully saturated rings. The summed E-state index contributed by atoms with van der Waals surface area (Å²) < 4.78 is 15.6. The number of para-hydroxylation sites is 1. The number of fused-ring (bicyclic) bond motifs is 1. The number of hydrogen-bond donors (Lipinski definition) is 2. The smallest absolute Gasteiger partial charge is 0.335 e. The number of nitrogens with one attached hydrogen (secondary N) is 1. The van der Waals surface area contributed by atoms with Gasteiger partial charge >= 0.3 is 12.0 Å². The van der Waals surface area contributed by atoms with Gasteiger partial charge in [-0.15, -0.1) is 0 Å². The Labute approximate surface area is 203 Å². The molecule has 1 aliphatic rings. The number of benzene rings is 3. The maximum Gasteiger partial charge on any atom is 0.335 e. The Balaban J connectivity index is 1.56. The molecule has 0 aliphatic carbocycles. The Kier molecular flexibility index (Phi) is 5.65. The summed E-state index contributed by atoms with van der Waals surface area (Å²) in [6.07, 6.45) is 3.14. The number of aromatic nitrogens is 1. The lowest BCUT2D eigenvalue weighted by molar-refractivity contribution is -0.122. The molecule has 2 N–H and O–H groups in total. The lowest BCUT2D eigenvalue weighted by Gasteiger charge is -2.26. The molecule has 4 amide bonds. The molecular formula is C27H18FN3O5. The lowest BCUT2D eigenvalue weighted by atomic mass is 10.1. The second-order valence-electron chi connectivity index (χ2n) is 8.17. The molecule has 1 saturated heterocycles. The van der Waals surface area contributed by atoms with E-state index in [1.807, 2.05) is 28.8 Å². The van der Waals surface area contributed by atoms with Crippen LogP contribution in [-0.2, 0) is 16.1 Å². The molecule has 2 heterocycles. The van der Waals surface area contributed by atoms with Gasteiger partial charge < -0.3 is 9.67 Å². The number of amides is 4. The van der Waals surface area contributed by atoms with Crippen LogP contribution in [0.1, 0.15) is 21.5 Å². The Morgan fingerprint density at radius 2 is 1.75 bits per heavy atom. The summed E-state index contributed by atoms with van der Waals surface area (Å²) in [4.78, 5) is 50.3. The number of urea groups is 1. The van der Waals surface area contributed by atoms with Gasteiger partial charge in [0, 0.05) is 29.2 Å². The summed E-state index contributed by atoms with van der Waals surface area (Å²) in [6, 6.07) is 17.9. The molecule has 0 atom stereocenters. The van der Waals surface area contributed by atoms with E-state index >= 15 is 0 Å². The minimum absolute atomic E-state index is 0.00311. The van der Waals surface area contributed by atoms with Crippen LogP contribution in [0.5, 0.6) is 0 Å². The van der Waals surface area contributed by atoms with E-state index < -0.39 is 29.6 Å². The Morgan fingerprint density at radius 3 is 2.53 bits per heavy atom. The topological polar surface area (TPSA) is 109 Å². The van der Waals surface area contributed by atoms with Gasteiger partial charge in [0.2, 0.25) is 0 Å². The number of anilines is 1. The molecule has 0 radical (unpaired) electrons. The average Bonchev–Trinajstić information content (AvgIpc) is 3.19. The van der Waals surface area contributed by atoms with Crippen LogP contribution in [-0.4, -0.2) is 33.5 Å². The zero-order valence-corrected chi connectivity index (χ0v) is 18.6. The fourth-order valence-electron chi connectivity index (χ4n) is 4.18. The second-order valence-corrected chi connectivity index (χ2v) is 8.17. The van der Waals surface area contributed by atoms with Crippen molar-refractivity contribution in [2.75, 3.05) is 4.90 Å². The molecule has 3 aromatic carbocycles. The maximum atomic E-state index is 13.7. The molecule has 5 rings (SSSR count). The first-order valence-electron chi connectivity index (χ1n) is 10.9. The number of aromatic carboxylic acids is 1. The van der Waals surface area contributed by atoms with E-state index in [1.54, 1.807) is 24.4 Å². The minimum Gasteiger partial charge on any atom is -0.478 e. The van der Waals surface area contributed by atoms with E-state index in [2.05, 4.69) is 5.32 Å². The van der Waals surface area contributed by atoms with Crippen molar-refractivity contribution in [3.8, 4) is 0 Å². The highest BCUT2D eigenvalue weighted by molar-refractivity contribution is 6.39. The molecular weight excluding hydrogens is 465 g/mol. The molecule has 1 aromatic heterocycles. The van der Waals surface area contributed by atoms with E-state index in [9.17, 15) is 28.7 Å². The molecule has 0 unspecified atom stereocenters. The monoisotopic (exact) mass is 483 g/mol. The molecule has 1 aliphatic heterocycles. The van der Waals surface area contributed by atoms with Crippen molar-refractivity contribution in [1.82, 2.24) is 9.88 Å². The van der Waals surface area contributed by atoms with Crippen molar-refractivity contribution in [2.24, 2.45) is 0 Å². The second kappa shape index (κ2) is 8.95. The highest BCUT2D eigenvalue weighted by atomic mass is 19.1. The SMILES string of the molecule is O=C1NC(=O)N(c2cccc(F)c2)C(=O)/C1=C/c1cn(Cc2cccc(C(=O)O)c2)c2ccccc12. The van der Waals surface area contributed by atoms with Gasteiger partial charge in [-0.2, -0.15) is 0 Å². The molecule has 9 heteroatoms. The number of halogens is 1. The van der Waals surface area contributed by atoms with Crippen molar-refractivity contribution in [2.45, 2.75) is 6.54 Å². The highest BCUT2D eigenvalue weighted by Gasteiger charge is 2.37. The molecule has 4 aromatic rings. The summed E-state index contributed by atoms with van der Waals surface area (Å²) in [5.74, 6) is -3.39. The van der Waals surface area contributed by atoms with Gasteiger partial charge in [0.25, 0.3) is 11.8 Å². The van der Waals surface area contributed by atoms with E-state index in [1.165, 1.54) is 30.3 Å². The third-order valence-electron chi connectivity index (χ3n) is 5.81. The largest absolute Gasteiger partial charge is 0.478 e. The first-order valence-corrected chi connectivity index (χ1v) is 10.9. The third-order valence-corrected chi connectivity index (χ3v) is 5.81. The summed E-state index contributed by atoms with van der Waals surface area (Å²) in [5.41, 5.74) is 1.98. The van der Waals surface area contributed by atoms with Crippen LogP contribution in [0.4, 0.5) is 14.9 Å². The quantitative estimate of drug-likeness (QED) is 0.327. The zero-order chi connectivity index (χ0) is 25.4. The molecule has 0 bridgehead atoms. The minimum atomic E-state index is -1.03. The zero-order valence-electron chi connectivity index (χ0n) is 18.6. The molecule has 0 spiro atoms. The number of nitrogens with zero attached hydrogens (tertiary/aromatic N) is 2. The number of carboxylic acids is 1. The average molecular weight is 483 g/mol. The summed E-state index contributed by atoms with van der Waals surface area (Å²) in [5, 5.41) is 12.2. The van der Waals surface area contributed by atoms with Crippen molar-refractivity contribution in [3.05, 3.63) is 107 Å². The van der Waals surface area contributed by atoms with E-state index in [4.69, 9.17) is 0 Å². The molecule has 8 nitrogen and oxygen atoms in total. The van der Waals surface area contributed by atoms with Crippen LogP contribution in [0.2, 0.25) is 0 Å². The van der Waals surface area contributed by atoms with Crippen LogP contribution >= 0.6 is 0 Å². The number of carbonyl (C=O) groups excluding carboxylic acids is 3. The predicted octanol–water partition coefficient (Wildman–Crippen LogP) is 4.19. The van der Waals surface area contributed by atoms with E-state index in [0.717, 1.165) is 22.5 Å². The number of carbonyl (C=O) groups is 4. The van der Waals surface area contributed by atoms with Gasteiger partial charge in [-0.3, -0.25) is 14.9 Å². The molecule has 36 heavy (non-hydrogen) atoms. The Hall–Kier alpha value is -5.05. The first kappa shape index (κ1) is 22.7. The van der Waals surface area contributed by atoms with Crippen LogP contribution in [0.25, 0.3) is 17.0 Å². The fraction of sp³-hybridized carbons (Fsp3) is 0.0370. The van der Waals surface area contributed by atoms with Crippen LogP contribution < -0.4 is 10.2 Å². The Morgan fingerprint density at radius 1 is 0.972 bits per heavy atom. The van der Waals surface area contributed by atoms with Crippen molar-refractivity contribution in [3.63, 3.8) is 0 Å². The number of imide groups is 2. The first-order chi connectivity index (χ1) is 17.3. The summed E-state index contributed by atoms with van der Waals surface area (Å²) in [7, 11) is 0. The van der Waals surface area contributed by atoms with Crippen molar-refractivity contribution >= 4 is 46.5 Å². The summed E-state index contributed by atoms with van der Waals surface area (Å²) in [6.45, 7) is 0.346. The van der Waals surface area contributed by atoms with Gasteiger partial charge in [0.15, 0.2) is 0 Å². The fourth-order valence-corrected chi connectivity index (χ4v) is 4.18. The maximum absolute atomic E-state index is 13.7. The van der Waals surface area contributed by atoms with Crippen LogP contribution in [0.3, 0.4) is 0 Å². The van der Waals surface area contributed by atoms with Gasteiger partial charge in [0.1, 0.15) is 11.4 Å². The lowest BCUT2D eigenvalue weighted by Crippen LogP contribution is -2.54. The Bertz CT molecular complexity index is 1600. The standard InChI is InChI=1S/C27H18FN3O5/c28-19-7-4-8-20(13-19)31-25(33)22(24(32)29-27(31)36)12-18-15-30(23-10-2-1-9-21(18)23)14-16-5-3-6-17(11-16)26(34)35/h1-13,15H,14H2,(H,34,35)(H,29,32,36)/b22-12+. The highest BCUT2D eigenvalue weighted by Crippen LogP contribution is 2.27. The van der Waals surface area contributed by atoms with Crippen LogP contribution in [0, 0.1) is 5.82 Å². The third kappa shape index (κ3) is 4.14. The summed E-state index contributed by atoms with van der Waals surface area (Å²) >= 11 is 0. The van der Waals surface area contributed by atoms with E-state index in [-0.39, 0.29) is 16.8 Å². The predicted molar refractivity (Wildman–Crippen MR) is 130 cm³/mol. The van der Waals surface area contributed by atoms with Crippen LogP contribution in [0.15, 0.2) is 84.6 Å². The molecule has 178 valence electrons. The number of hydrogen-bond acceptors (Lipinski definition) is 4. The normalized spacial score (nSPS) is 15.0. The van der Waals surface area contributed by atoms with Crippen molar-refractivity contribution in [1.29, 1.82) is 0 Å². The van der Waals surface area contributed by atoms with Gasteiger partial charge in [-0.25, -0.2) is 18.9 Å². The molecule has 0 saturated carbocycles.